The molecule has 124 valence electrons. The first-order valence-electron chi connectivity index (χ1n) is 7.11. The highest BCUT2D eigenvalue weighted by Crippen LogP contribution is 2.36. The molecule has 2 aromatic carbocycles. The Morgan fingerprint density at radius 2 is 1.71 bits per heavy atom. The molecule has 3 rings (SSSR count). The molecular formula is C18H14Cl2O4. The second-order valence-electron chi connectivity index (χ2n) is 5.22. The van der Waals surface area contributed by atoms with Crippen molar-refractivity contribution in [2.75, 3.05) is 14.2 Å². The van der Waals surface area contributed by atoms with E-state index in [1.54, 1.807) is 37.4 Å². The molecule has 0 spiro atoms. The summed E-state index contributed by atoms with van der Waals surface area (Å²) in [5.74, 6) is 1.10. The van der Waals surface area contributed by atoms with Crippen molar-refractivity contribution in [3.63, 3.8) is 0 Å². The van der Waals surface area contributed by atoms with Gasteiger partial charge in [-0.25, -0.2) is 4.79 Å². The molecule has 0 radical (unpaired) electrons. The van der Waals surface area contributed by atoms with Crippen molar-refractivity contribution in [1.29, 1.82) is 0 Å². The lowest BCUT2D eigenvalue weighted by atomic mass is 9.99. The van der Waals surface area contributed by atoms with E-state index in [0.717, 1.165) is 5.56 Å². The highest BCUT2D eigenvalue weighted by Gasteiger charge is 2.17. The van der Waals surface area contributed by atoms with Gasteiger partial charge in [0.1, 0.15) is 0 Å². The molecule has 0 fully saturated rings. The Morgan fingerprint density at radius 3 is 2.38 bits per heavy atom. The molecule has 3 aromatic rings. The van der Waals surface area contributed by atoms with E-state index in [9.17, 15) is 4.79 Å². The van der Waals surface area contributed by atoms with Gasteiger partial charge in [-0.3, -0.25) is 0 Å². The maximum atomic E-state index is 12.5. The fourth-order valence-electron chi connectivity index (χ4n) is 2.70. The second-order valence-corrected chi connectivity index (χ2v) is 6.07. The second kappa shape index (κ2) is 6.38. The normalized spacial score (nSPS) is 10.9. The molecule has 0 bridgehead atoms. The van der Waals surface area contributed by atoms with Crippen LogP contribution in [0, 0.1) is 6.92 Å². The largest absolute Gasteiger partial charge is 0.493 e. The number of benzene rings is 2. The predicted molar refractivity (Wildman–Crippen MR) is 95.8 cm³/mol. The summed E-state index contributed by atoms with van der Waals surface area (Å²) >= 11 is 12.2. The number of ether oxygens (including phenoxy) is 2. The van der Waals surface area contributed by atoms with Gasteiger partial charge in [-0.05, 0) is 42.3 Å². The van der Waals surface area contributed by atoms with E-state index >= 15 is 0 Å². The minimum atomic E-state index is -0.476. The molecule has 0 saturated carbocycles. The zero-order valence-electron chi connectivity index (χ0n) is 13.3. The fourth-order valence-corrected chi connectivity index (χ4v) is 3.23. The summed E-state index contributed by atoms with van der Waals surface area (Å²) in [6, 6.07) is 8.52. The van der Waals surface area contributed by atoms with Gasteiger partial charge in [0.15, 0.2) is 17.1 Å². The average Bonchev–Trinajstić information content (AvgIpc) is 2.56. The SMILES string of the molecule is COc1ccc(-c2c(C)c3cc(Cl)cc(Cl)c3oc2=O)cc1OC. The van der Waals surface area contributed by atoms with E-state index in [2.05, 4.69) is 0 Å². The monoisotopic (exact) mass is 364 g/mol. The molecular weight excluding hydrogens is 351 g/mol. The van der Waals surface area contributed by atoms with Gasteiger partial charge in [0, 0.05) is 10.4 Å². The summed E-state index contributed by atoms with van der Waals surface area (Å²) in [5, 5.41) is 1.47. The summed E-state index contributed by atoms with van der Waals surface area (Å²) < 4.78 is 16.0. The number of rotatable bonds is 3. The van der Waals surface area contributed by atoms with E-state index in [4.69, 9.17) is 37.1 Å². The lowest BCUT2D eigenvalue weighted by molar-refractivity contribution is 0.355. The van der Waals surface area contributed by atoms with Crippen LogP contribution in [0.15, 0.2) is 39.5 Å². The number of fused-ring (bicyclic) bond motifs is 1. The van der Waals surface area contributed by atoms with Gasteiger partial charge in [0.05, 0.1) is 24.8 Å². The minimum absolute atomic E-state index is 0.302. The highest BCUT2D eigenvalue weighted by atomic mass is 35.5. The van der Waals surface area contributed by atoms with Gasteiger partial charge >= 0.3 is 5.63 Å². The zero-order valence-corrected chi connectivity index (χ0v) is 14.8. The third-order valence-corrected chi connectivity index (χ3v) is 4.36. The standard InChI is InChI=1S/C18H14Cl2O4/c1-9-12-7-11(19)8-13(20)17(12)24-18(21)16(9)10-4-5-14(22-2)15(6-10)23-3/h4-8H,1-3H3. The van der Waals surface area contributed by atoms with Gasteiger partial charge in [0.25, 0.3) is 0 Å². The molecule has 4 nitrogen and oxygen atoms in total. The molecule has 1 aromatic heterocycles. The van der Waals surface area contributed by atoms with Crippen LogP contribution in [0.25, 0.3) is 22.1 Å². The smallest absolute Gasteiger partial charge is 0.344 e. The van der Waals surface area contributed by atoms with Crippen LogP contribution in [-0.2, 0) is 0 Å². The third kappa shape index (κ3) is 2.72. The van der Waals surface area contributed by atoms with Crippen LogP contribution in [0.1, 0.15) is 5.56 Å². The summed E-state index contributed by atoms with van der Waals surface area (Å²) in [5.41, 5.74) is 1.68. The van der Waals surface area contributed by atoms with Crippen molar-refractivity contribution in [2.45, 2.75) is 6.92 Å². The minimum Gasteiger partial charge on any atom is -0.493 e. The Morgan fingerprint density at radius 1 is 1.00 bits per heavy atom. The Balaban J connectivity index is 2.33. The van der Waals surface area contributed by atoms with Gasteiger partial charge < -0.3 is 13.9 Å². The maximum Gasteiger partial charge on any atom is 0.344 e. The number of hydrogen-bond acceptors (Lipinski definition) is 4. The predicted octanol–water partition coefficient (Wildman–Crippen LogP) is 5.09. The van der Waals surface area contributed by atoms with Gasteiger partial charge in [-0.15, -0.1) is 0 Å². The molecule has 0 aliphatic heterocycles. The van der Waals surface area contributed by atoms with Crippen LogP contribution in [0.3, 0.4) is 0 Å². The molecule has 0 atom stereocenters. The molecule has 24 heavy (non-hydrogen) atoms. The van der Waals surface area contributed by atoms with Crippen molar-refractivity contribution in [1.82, 2.24) is 0 Å². The van der Waals surface area contributed by atoms with Crippen LogP contribution in [0.2, 0.25) is 10.0 Å². The van der Waals surface area contributed by atoms with Crippen LogP contribution in [0.4, 0.5) is 0 Å². The van der Waals surface area contributed by atoms with Crippen molar-refractivity contribution in [3.05, 3.63) is 56.4 Å². The zero-order chi connectivity index (χ0) is 17.4. The van der Waals surface area contributed by atoms with E-state index in [0.29, 0.717) is 43.6 Å². The molecule has 0 N–H and O–H groups in total. The molecule has 1 heterocycles. The van der Waals surface area contributed by atoms with Crippen LogP contribution in [0.5, 0.6) is 11.5 Å². The molecule has 0 aliphatic rings. The highest BCUT2D eigenvalue weighted by molar-refractivity contribution is 6.38. The number of aryl methyl sites for hydroxylation is 1. The first-order valence-corrected chi connectivity index (χ1v) is 7.86. The summed E-state index contributed by atoms with van der Waals surface area (Å²) in [6.07, 6.45) is 0. The Bertz CT molecular complexity index is 992. The van der Waals surface area contributed by atoms with Gasteiger partial charge in [-0.2, -0.15) is 0 Å². The Labute approximate surface area is 148 Å². The van der Waals surface area contributed by atoms with Crippen molar-refractivity contribution in [2.24, 2.45) is 0 Å². The number of halogens is 2. The summed E-state index contributed by atoms with van der Waals surface area (Å²) in [4.78, 5) is 12.5. The van der Waals surface area contributed by atoms with E-state index < -0.39 is 5.63 Å². The molecule has 0 unspecified atom stereocenters. The van der Waals surface area contributed by atoms with Crippen molar-refractivity contribution in [3.8, 4) is 22.6 Å². The van der Waals surface area contributed by atoms with Crippen molar-refractivity contribution >= 4 is 34.2 Å². The number of methoxy groups -OCH3 is 2. The summed E-state index contributed by atoms with van der Waals surface area (Å²) in [7, 11) is 3.09. The van der Waals surface area contributed by atoms with Crippen LogP contribution < -0.4 is 15.1 Å². The topological polar surface area (TPSA) is 48.7 Å². The summed E-state index contributed by atoms with van der Waals surface area (Å²) in [6.45, 7) is 1.83. The Hall–Kier alpha value is -2.17. The lowest BCUT2D eigenvalue weighted by Gasteiger charge is -2.12. The first kappa shape index (κ1) is 16.7. The van der Waals surface area contributed by atoms with E-state index in [1.165, 1.54) is 7.11 Å². The third-order valence-electron chi connectivity index (χ3n) is 3.86. The quantitative estimate of drug-likeness (QED) is 0.607. The van der Waals surface area contributed by atoms with E-state index in [1.807, 2.05) is 6.92 Å². The molecule has 0 amide bonds. The van der Waals surface area contributed by atoms with Gasteiger partial charge in [0.2, 0.25) is 0 Å². The lowest BCUT2D eigenvalue weighted by Crippen LogP contribution is -2.06. The van der Waals surface area contributed by atoms with Gasteiger partial charge in [-0.1, -0.05) is 29.3 Å². The van der Waals surface area contributed by atoms with E-state index in [-0.39, 0.29) is 0 Å². The van der Waals surface area contributed by atoms with Crippen LogP contribution in [-0.4, -0.2) is 14.2 Å². The first-order chi connectivity index (χ1) is 11.5. The molecule has 0 saturated heterocycles. The van der Waals surface area contributed by atoms with Crippen LogP contribution >= 0.6 is 23.2 Å². The number of hydrogen-bond donors (Lipinski definition) is 0. The van der Waals surface area contributed by atoms with Crippen molar-refractivity contribution < 1.29 is 13.9 Å². The maximum absolute atomic E-state index is 12.5. The fraction of sp³-hybridized carbons (Fsp3) is 0.167. The Kier molecular flexibility index (Phi) is 4.43. The molecule has 0 aliphatic carbocycles. The average molecular weight is 365 g/mol. The molecule has 6 heteroatoms.